The van der Waals surface area contributed by atoms with Crippen molar-refractivity contribution in [2.24, 2.45) is 0 Å². The highest BCUT2D eigenvalue weighted by atomic mass is 35.5. The Morgan fingerprint density at radius 1 is 1.47 bits per heavy atom. The van der Waals surface area contributed by atoms with Gasteiger partial charge in [0.05, 0.1) is 6.07 Å². The molecule has 0 saturated carbocycles. The first kappa shape index (κ1) is 11.6. The van der Waals surface area contributed by atoms with Gasteiger partial charge in [-0.1, -0.05) is 17.7 Å². The number of nitrogens with zero attached hydrogens (tertiary/aromatic N) is 3. The van der Waals surface area contributed by atoms with Crippen molar-refractivity contribution in [1.82, 2.24) is 9.55 Å². The smallest absolute Gasteiger partial charge is 0.128 e. The number of nitriles is 1. The molecule has 0 unspecified atom stereocenters. The van der Waals surface area contributed by atoms with Crippen LogP contribution in [0.1, 0.15) is 11.4 Å². The fourth-order valence-electron chi connectivity index (χ4n) is 1.59. The molecule has 0 fully saturated rings. The predicted molar refractivity (Wildman–Crippen MR) is 62.1 cm³/mol. The molecular weight excluding hydrogens is 241 g/mol. The molecule has 17 heavy (non-hydrogen) atoms. The van der Waals surface area contributed by atoms with Crippen LogP contribution in [0.4, 0.5) is 4.39 Å². The topological polar surface area (TPSA) is 41.6 Å². The molecular formula is C12H9ClFN3. The minimum absolute atomic E-state index is 0.196. The second-order valence-corrected chi connectivity index (χ2v) is 3.91. The predicted octanol–water partition coefficient (Wildman–Crippen LogP) is 2.79. The van der Waals surface area contributed by atoms with E-state index in [0.29, 0.717) is 16.4 Å². The van der Waals surface area contributed by atoms with Crippen LogP contribution in [0.25, 0.3) is 0 Å². The number of benzene rings is 1. The zero-order chi connectivity index (χ0) is 12.3. The molecule has 0 spiro atoms. The number of imidazole rings is 1. The van der Waals surface area contributed by atoms with Gasteiger partial charge in [-0.2, -0.15) is 5.26 Å². The van der Waals surface area contributed by atoms with Gasteiger partial charge in [0.15, 0.2) is 0 Å². The monoisotopic (exact) mass is 249 g/mol. The largest absolute Gasteiger partial charge is 0.321 e. The van der Waals surface area contributed by atoms with Crippen LogP contribution in [-0.2, 0) is 13.0 Å². The Morgan fingerprint density at radius 2 is 2.29 bits per heavy atom. The summed E-state index contributed by atoms with van der Waals surface area (Å²) in [6.45, 7) is 0.196. The molecule has 0 aliphatic rings. The van der Waals surface area contributed by atoms with Crippen LogP contribution in [0.15, 0.2) is 30.6 Å². The quantitative estimate of drug-likeness (QED) is 0.839. The highest BCUT2D eigenvalue weighted by molar-refractivity contribution is 6.31. The maximum absolute atomic E-state index is 13.6. The number of rotatable bonds is 3. The number of hydrogen-bond donors (Lipinski definition) is 0. The minimum Gasteiger partial charge on any atom is -0.321 e. The summed E-state index contributed by atoms with van der Waals surface area (Å²) < 4.78 is 15.2. The third-order valence-electron chi connectivity index (χ3n) is 2.44. The molecule has 5 heteroatoms. The van der Waals surface area contributed by atoms with E-state index < -0.39 is 0 Å². The lowest BCUT2D eigenvalue weighted by atomic mass is 10.1. The van der Waals surface area contributed by atoms with Crippen LogP contribution in [0, 0.1) is 17.1 Å². The molecule has 0 amide bonds. The Balaban J connectivity index is 2.32. The van der Waals surface area contributed by atoms with Gasteiger partial charge < -0.3 is 4.57 Å². The summed E-state index contributed by atoms with van der Waals surface area (Å²) in [6.07, 6.45) is 3.55. The Labute approximate surface area is 103 Å². The summed E-state index contributed by atoms with van der Waals surface area (Å²) in [4.78, 5) is 4.10. The molecule has 0 saturated heterocycles. The fraction of sp³-hybridized carbons (Fsp3) is 0.167. The van der Waals surface area contributed by atoms with Crippen LogP contribution < -0.4 is 0 Å². The molecule has 2 aromatic rings. The highest BCUT2D eigenvalue weighted by Crippen LogP contribution is 2.21. The van der Waals surface area contributed by atoms with Gasteiger partial charge in [-0.15, -0.1) is 0 Å². The third kappa shape index (κ3) is 2.45. The minimum atomic E-state index is -0.357. The van der Waals surface area contributed by atoms with Crippen LogP contribution in [0.3, 0.4) is 0 Å². The van der Waals surface area contributed by atoms with Crippen molar-refractivity contribution in [3.05, 3.63) is 52.8 Å². The van der Waals surface area contributed by atoms with Crippen LogP contribution >= 0.6 is 11.6 Å². The fourth-order valence-corrected chi connectivity index (χ4v) is 1.82. The summed E-state index contributed by atoms with van der Waals surface area (Å²) in [5, 5.41) is 9.01. The van der Waals surface area contributed by atoms with Gasteiger partial charge >= 0.3 is 0 Å². The molecule has 2 rings (SSSR count). The summed E-state index contributed by atoms with van der Waals surface area (Å²) in [7, 11) is 0. The van der Waals surface area contributed by atoms with E-state index in [-0.39, 0.29) is 18.8 Å². The van der Waals surface area contributed by atoms with Gasteiger partial charge in [0.1, 0.15) is 18.2 Å². The molecule has 1 aromatic heterocycles. The van der Waals surface area contributed by atoms with E-state index in [1.54, 1.807) is 29.1 Å². The molecule has 0 radical (unpaired) electrons. The van der Waals surface area contributed by atoms with Gasteiger partial charge in [-0.25, -0.2) is 9.37 Å². The maximum Gasteiger partial charge on any atom is 0.128 e. The normalized spacial score (nSPS) is 10.2. The lowest BCUT2D eigenvalue weighted by molar-refractivity contribution is 0.609. The van der Waals surface area contributed by atoms with E-state index >= 15 is 0 Å². The van der Waals surface area contributed by atoms with Crippen molar-refractivity contribution in [3.63, 3.8) is 0 Å². The van der Waals surface area contributed by atoms with Crippen molar-refractivity contribution in [2.75, 3.05) is 0 Å². The standard InChI is InChI=1S/C12H9ClFN3/c13-10-2-1-3-11(14)9(10)8-12-16-5-7-17(12)6-4-15/h1-3,5,7H,6,8H2. The molecule has 86 valence electrons. The van der Waals surface area contributed by atoms with Crippen LogP contribution in [0.5, 0.6) is 0 Å². The van der Waals surface area contributed by atoms with Gasteiger partial charge in [-0.3, -0.25) is 0 Å². The average Bonchev–Trinajstić information content (AvgIpc) is 2.72. The van der Waals surface area contributed by atoms with Gasteiger partial charge in [0, 0.05) is 29.4 Å². The molecule has 0 bridgehead atoms. The summed E-state index contributed by atoms with van der Waals surface area (Å²) in [5.74, 6) is 0.266. The average molecular weight is 250 g/mol. The first-order valence-corrected chi connectivity index (χ1v) is 5.40. The Kier molecular flexibility index (Phi) is 3.40. The molecule has 3 nitrogen and oxygen atoms in total. The Morgan fingerprint density at radius 3 is 3.00 bits per heavy atom. The van der Waals surface area contributed by atoms with Crippen molar-refractivity contribution in [3.8, 4) is 6.07 Å². The molecule has 0 N–H and O–H groups in total. The number of hydrogen-bond acceptors (Lipinski definition) is 2. The zero-order valence-electron chi connectivity index (χ0n) is 8.90. The lowest BCUT2D eigenvalue weighted by Gasteiger charge is -2.06. The summed E-state index contributed by atoms with van der Waals surface area (Å²) in [6, 6.07) is 6.58. The Bertz CT molecular complexity index is 551. The molecule has 0 aliphatic carbocycles. The first-order valence-electron chi connectivity index (χ1n) is 5.02. The summed E-state index contributed by atoms with van der Waals surface area (Å²) in [5.41, 5.74) is 0.402. The van der Waals surface area contributed by atoms with Gasteiger partial charge in [0.25, 0.3) is 0 Å². The van der Waals surface area contributed by atoms with E-state index in [9.17, 15) is 4.39 Å². The van der Waals surface area contributed by atoms with Crippen molar-refractivity contribution in [1.29, 1.82) is 5.26 Å². The maximum atomic E-state index is 13.6. The van der Waals surface area contributed by atoms with Gasteiger partial charge in [0.2, 0.25) is 0 Å². The van der Waals surface area contributed by atoms with E-state index in [1.165, 1.54) is 6.07 Å². The van der Waals surface area contributed by atoms with E-state index in [1.807, 2.05) is 6.07 Å². The SMILES string of the molecule is N#CCn1ccnc1Cc1c(F)cccc1Cl. The molecule has 1 heterocycles. The van der Waals surface area contributed by atoms with Gasteiger partial charge in [-0.05, 0) is 12.1 Å². The second-order valence-electron chi connectivity index (χ2n) is 3.51. The lowest BCUT2D eigenvalue weighted by Crippen LogP contribution is -2.04. The Hall–Kier alpha value is -1.86. The summed E-state index contributed by atoms with van der Waals surface area (Å²) >= 11 is 5.93. The zero-order valence-corrected chi connectivity index (χ0v) is 9.65. The van der Waals surface area contributed by atoms with Crippen molar-refractivity contribution < 1.29 is 4.39 Å². The van der Waals surface area contributed by atoms with Crippen molar-refractivity contribution in [2.45, 2.75) is 13.0 Å². The van der Waals surface area contributed by atoms with Crippen LogP contribution in [-0.4, -0.2) is 9.55 Å². The van der Waals surface area contributed by atoms with Crippen molar-refractivity contribution >= 4 is 11.6 Å². The van der Waals surface area contributed by atoms with E-state index in [2.05, 4.69) is 4.98 Å². The second kappa shape index (κ2) is 4.98. The third-order valence-corrected chi connectivity index (χ3v) is 2.79. The number of halogens is 2. The molecule has 0 aliphatic heterocycles. The van der Waals surface area contributed by atoms with Crippen LogP contribution in [0.2, 0.25) is 5.02 Å². The van der Waals surface area contributed by atoms with E-state index in [4.69, 9.17) is 16.9 Å². The highest BCUT2D eigenvalue weighted by Gasteiger charge is 2.11. The molecule has 0 atom stereocenters. The first-order chi connectivity index (χ1) is 8.22. The van der Waals surface area contributed by atoms with E-state index in [0.717, 1.165) is 0 Å². The molecule has 1 aromatic carbocycles. The number of aromatic nitrogens is 2.